The Morgan fingerprint density at radius 1 is 0.717 bits per heavy atom. The summed E-state index contributed by atoms with van der Waals surface area (Å²) >= 11 is 0. The van der Waals surface area contributed by atoms with Gasteiger partial charge in [0.1, 0.15) is 12.7 Å². The minimum Gasteiger partial charge on any atom is -0.463 e. The molecule has 53 heavy (non-hydrogen) atoms. The topological polar surface area (TPSA) is 142 Å². The maximum absolute atomic E-state index is 12.4. The SMILES string of the molecule is CC(=O)OC[C@H]1O[C@@H](O[C@H]2CC[C@@]3(C)[C@@H](CC[C@@H]4[C@@H]3CC[C@]3(C)[C@@H]5[C@H](C[C@@H]43)O[C@]3(CC[C@H](C)CO3)[C@H]5C)C2)[C@H](OC(C)=O)[C@@H](OC(C)=O)[C@H]1OC(C)=O. The average molecular weight is 747 g/mol. The fourth-order valence-corrected chi connectivity index (χ4v) is 12.8. The summed E-state index contributed by atoms with van der Waals surface area (Å²) in [5, 5.41) is 0. The number of fused-ring (bicyclic) bond motifs is 7. The van der Waals surface area contributed by atoms with E-state index in [0.717, 1.165) is 45.1 Å². The van der Waals surface area contributed by atoms with Gasteiger partial charge < -0.3 is 37.9 Å². The Morgan fingerprint density at radius 2 is 1.40 bits per heavy atom. The van der Waals surface area contributed by atoms with Gasteiger partial charge in [-0.3, -0.25) is 19.2 Å². The van der Waals surface area contributed by atoms with Crippen molar-refractivity contribution in [2.75, 3.05) is 13.2 Å². The zero-order chi connectivity index (χ0) is 38.0. The molecule has 3 heterocycles. The van der Waals surface area contributed by atoms with Crippen LogP contribution in [0.2, 0.25) is 0 Å². The van der Waals surface area contributed by atoms with E-state index in [-0.39, 0.29) is 29.6 Å². The molecule has 0 aromatic heterocycles. The Labute approximate surface area is 314 Å². The Hall–Kier alpha value is -2.28. The number of carbonyl (C=O) groups is 4. The van der Waals surface area contributed by atoms with Gasteiger partial charge in [0.05, 0.1) is 18.8 Å². The van der Waals surface area contributed by atoms with Crippen molar-refractivity contribution in [3.05, 3.63) is 0 Å². The summed E-state index contributed by atoms with van der Waals surface area (Å²) in [5.41, 5.74) is 0.444. The largest absolute Gasteiger partial charge is 0.463 e. The highest BCUT2D eigenvalue weighted by Crippen LogP contribution is 2.71. The van der Waals surface area contributed by atoms with Crippen molar-refractivity contribution in [3.8, 4) is 0 Å². The fourth-order valence-electron chi connectivity index (χ4n) is 12.8. The van der Waals surface area contributed by atoms with Crippen molar-refractivity contribution in [1.29, 1.82) is 0 Å². The molecule has 3 saturated heterocycles. The lowest BCUT2D eigenvalue weighted by atomic mass is 9.44. The van der Waals surface area contributed by atoms with E-state index in [1.54, 1.807) is 0 Å². The molecule has 1 spiro atoms. The third kappa shape index (κ3) is 7.05. The molecule has 12 nitrogen and oxygen atoms in total. The third-order valence-electron chi connectivity index (χ3n) is 15.2. The Kier molecular flexibility index (Phi) is 10.8. The molecule has 4 aliphatic carbocycles. The van der Waals surface area contributed by atoms with E-state index in [0.29, 0.717) is 41.4 Å². The number of carbonyl (C=O) groups excluding carboxylic acids is 4. The quantitative estimate of drug-likeness (QED) is 0.174. The van der Waals surface area contributed by atoms with Crippen LogP contribution in [0.5, 0.6) is 0 Å². The van der Waals surface area contributed by atoms with Crippen molar-refractivity contribution in [2.24, 2.45) is 52.3 Å². The summed E-state index contributed by atoms with van der Waals surface area (Å²) in [6.45, 7) is 15.3. The van der Waals surface area contributed by atoms with E-state index in [1.807, 2.05) is 0 Å². The van der Waals surface area contributed by atoms with Crippen LogP contribution in [0.15, 0.2) is 0 Å². The molecule has 3 aliphatic heterocycles. The molecular formula is C41H62O12. The number of ether oxygens (including phenoxy) is 8. The van der Waals surface area contributed by atoms with Gasteiger partial charge in [-0.05, 0) is 104 Å². The maximum Gasteiger partial charge on any atom is 0.303 e. The molecule has 0 unspecified atom stereocenters. The van der Waals surface area contributed by atoms with Crippen LogP contribution in [0.3, 0.4) is 0 Å². The summed E-state index contributed by atoms with van der Waals surface area (Å²) < 4.78 is 48.7. The van der Waals surface area contributed by atoms with Crippen molar-refractivity contribution in [2.45, 2.75) is 168 Å². The van der Waals surface area contributed by atoms with Crippen LogP contribution < -0.4 is 0 Å². The molecule has 12 heteroatoms. The standard InChI is InChI=1S/C41H62O12/c1-21-11-16-41(47-19-21)22(2)34-32(53-41)18-31-29-10-9-27-17-28(12-14-39(27,7)30(29)13-15-40(31,34)8)51-38-37(50-26(6)45)36(49-25(5)44)35(48-24(4)43)33(52-38)20-46-23(3)42/h21-22,27-38H,9-20H2,1-8H3/t21-,22-,27-,28-,29+,30-,31-,32-,33+,34-,35-,36-,37+,38+,39-,40-,41+/m0/s1. The minimum atomic E-state index is -1.24. The number of hydrogen-bond acceptors (Lipinski definition) is 12. The van der Waals surface area contributed by atoms with E-state index in [1.165, 1.54) is 53.4 Å². The first-order chi connectivity index (χ1) is 25.0. The van der Waals surface area contributed by atoms with Gasteiger partial charge in [0, 0.05) is 40.0 Å². The van der Waals surface area contributed by atoms with Gasteiger partial charge in [0.25, 0.3) is 0 Å². The normalized spacial score (nSPS) is 48.8. The summed E-state index contributed by atoms with van der Waals surface area (Å²) in [6, 6.07) is 0. The van der Waals surface area contributed by atoms with Crippen molar-refractivity contribution >= 4 is 23.9 Å². The predicted octanol–water partition coefficient (Wildman–Crippen LogP) is 5.90. The zero-order valence-corrected chi connectivity index (χ0v) is 33.0. The lowest BCUT2D eigenvalue weighted by Gasteiger charge is -2.61. The molecule has 0 N–H and O–H groups in total. The average Bonchev–Trinajstić information content (AvgIpc) is 3.53. The second-order valence-corrected chi connectivity index (χ2v) is 18.3. The van der Waals surface area contributed by atoms with Crippen LogP contribution >= 0.6 is 0 Å². The lowest BCUT2D eigenvalue weighted by Crippen LogP contribution is -2.63. The van der Waals surface area contributed by atoms with Gasteiger partial charge in [-0.2, -0.15) is 0 Å². The molecular weight excluding hydrogens is 684 g/mol. The van der Waals surface area contributed by atoms with E-state index in [9.17, 15) is 19.2 Å². The van der Waals surface area contributed by atoms with E-state index in [2.05, 4.69) is 27.7 Å². The first-order valence-electron chi connectivity index (χ1n) is 20.3. The van der Waals surface area contributed by atoms with Crippen LogP contribution in [-0.2, 0) is 57.1 Å². The Bertz CT molecular complexity index is 1410. The van der Waals surface area contributed by atoms with Gasteiger partial charge in [-0.1, -0.05) is 27.7 Å². The van der Waals surface area contributed by atoms with Crippen LogP contribution in [0.1, 0.15) is 120 Å². The van der Waals surface area contributed by atoms with Crippen LogP contribution in [0.25, 0.3) is 0 Å². The summed E-state index contributed by atoms with van der Waals surface area (Å²) in [5.74, 6) is 1.07. The Morgan fingerprint density at radius 3 is 2.06 bits per heavy atom. The second-order valence-electron chi connectivity index (χ2n) is 18.3. The van der Waals surface area contributed by atoms with Gasteiger partial charge in [-0.15, -0.1) is 0 Å². The van der Waals surface area contributed by atoms with Gasteiger partial charge in [-0.25, -0.2) is 0 Å². The van der Waals surface area contributed by atoms with Gasteiger partial charge in [0.2, 0.25) is 0 Å². The molecule has 0 aromatic rings. The van der Waals surface area contributed by atoms with Crippen LogP contribution in [0, 0.1) is 52.3 Å². The molecule has 7 aliphatic rings. The van der Waals surface area contributed by atoms with Crippen molar-refractivity contribution in [1.82, 2.24) is 0 Å². The highest BCUT2D eigenvalue weighted by molar-refractivity contribution is 5.68. The summed E-state index contributed by atoms with van der Waals surface area (Å²) in [4.78, 5) is 48.6. The van der Waals surface area contributed by atoms with E-state index >= 15 is 0 Å². The zero-order valence-electron chi connectivity index (χ0n) is 33.0. The van der Waals surface area contributed by atoms with Crippen molar-refractivity contribution < 1.29 is 57.1 Å². The first-order valence-corrected chi connectivity index (χ1v) is 20.3. The molecule has 0 bridgehead atoms. The highest BCUT2D eigenvalue weighted by Gasteiger charge is 2.69. The second kappa shape index (κ2) is 14.7. The molecule has 0 amide bonds. The number of rotatable bonds is 7. The minimum absolute atomic E-state index is 0.180. The van der Waals surface area contributed by atoms with E-state index < -0.39 is 60.4 Å². The first kappa shape index (κ1) is 39.0. The molecule has 7 fully saturated rings. The summed E-state index contributed by atoms with van der Waals surface area (Å²) in [6.07, 6.45) is 5.02. The number of hydrogen-bond donors (Lipinski definition) is 0. The Balaban J connectivity index is 1.05. The fraction of sp³-hybridized carbons (Fsp3) is 0.902. The summed E-state index contributed by atoms with van der Waals surface area (Å²) in [7, 11) is 0. The molecule has 4 saturated carbocycles. The molecule has 298 valence electrons. The third-order valence-corrected chi connectivity index (χ3v) is 15.2. The molecule has 0 radical (unpaired) electrons. The van der Waals surface area contributed by atoms with Gasteiger partial charge in [0.15, 0.2) is 30.4 Å². The molecule has 7 rings (SSSR count). The highest BCUT2D eigenvalue weighted by atomic mass is 16.7. The van der Waals surface area contributed by atoms with Crippen molar-refractivity contribution in [3.63, 3.8) is 0 Å². The molecule has 0 aromatic carbocycles. The smallest absolute Gasteiger partial charge is 0.303 e. The number of esters is 4. The predicted molar refractivity (Wildman–Crippen MR) is 189 cm³/mol. The monoisotopic (exact) mass is 746 g/mol. The lowest BCUT2D eigenvalue weighted by molar-refractivity contribution is -0.321. The van der Waals surface area contributed by atoms with Gasteiger partial charge >= 0.3 is 23.9 Å². The van der Waals surface area contributed by atoms with E-state index in [4.69, 9.17) is 37.9 Å². The van der Waals surface area contributed by atoms with Crippen LogP contribution in [-0.4, -0.2) is 85.8 Å². The molecule has 17 atom stereocenters. The maximum atomic E-state index is 12.4. The van der Waals surface area contributed by atoms with Crippen LogP contribution in [0.4, 0.5) is 0 Å².